The molecule has 2 nitrogen and oxygen atoms in total. The van der Waals surface area contributed by atoms with Crippen LogP contribution in [0.15, 0.2) is 24.3 Å². The molecule has 88 valence electrons. The van der Waals surface area contributed by atoms with E-state index in [1.807, 2.05) is 13.0 Å². The molecule has 2 aliphatic carbocycles. The van der Waals surface area contributed by atoms with Gasteiger partial charge in [0.1, 0.15) is 6.10 Å². The summed E-state index contributed by atoms with van der Waals surface area (Å²) in [6.07, 6.45) is 7.79. The molecule has 1 N–H and O–H groups in total. The highest BCUT2D eigenvalue weighted by Crippen LogP contribution is 2.55. The zero-order chi connectivity index (χ0) is 11.8. The number of fused-ring (bicyclic) bond motifs is 2. The van der Waals surface area contributed by atoms with Crippen molar-refractivity contribution in [3.8, 4) is 0 Å². The number of allylic oxidation sites excluding steroid dienone is 1. The van der Waals surface area contributed by atoms with E-state index in [0.717, 1.165) is 38.0 Å². The predicted octanol–water partition coefficient (Wildman–Crippen LogP) is 2.63. The van der Waals surface area contributed by atoms with Crippen molar-refractivity contribution in [1.29, 1.82) is 0 Å². The van der Waals surface area contributed by atoms with Gasteiger partial charge in [0.15, 0.2) is 5.78 Å². The summed E-state index contributed by atoms with van der Waals surface area (Å²) in [4.78, 5) is 12.3. The van der Waals surface area contributed by atoms with E-state index in [4.69, 9.17) is 0 Å². The average Bonchev–Trinajstić information content (AvgIpc) is 2.88. The van der Waals surface area contributed by atoms with Gasteiger partial charge in [-0.3, -0.25) is 4.79 Å². The molecule has 0 aromatic rings. The summed E-state index contributed by atoms with van der Waals surface area (Å²) in [5, 5.41) is 9.99. The molecule has 0 heterocycles. The molecule has 2 saturated carbocycles. The van der Waals surface area contributed by atoms with Crippen molar-refractivity contribution in [1.82, 2.24) is 0 Å². The van der Waals surface area contributed by atoms with Crippen molar-refractivity contribution in [2.45, 2.75) is 45.1 Å². The van der Waals surface area contributed by atoms with Crippen LogP contribution in [0.3, 0.4) is 0 Å². The second-order valence-electron chi connectivity index (χ2n) is 5.27. The molecule has 2 aliphatic rings. The van der Waals surface area contributed by atoms with Gasteiger partial charge in [-0.1, -0.05) is 18.7 Å². The number of aliphatic hydroxyl groups excluding tert-OH is 1. The molecule has 0 amide bonds. The molecule has 0 radical (unpaired) electrons. The maximum atomic E-state index is 12.3. The fourth-order valence-electron chi connectivity index (χ4n) is 3.30. The molecule has 1 atom stereocenters. The third-order valence-corrected chi connectivity index (χ3v) is 4.24. The standard InChI is InChI=1S/C14H20O2/c1-3-4-10(2)12(15)13(16)14-7-5-11(9-14)6-8-14/h3-4,11-12,15H,2,5-9H2,1H3/b4-3-. The van der Waals surface area contributed by atoms with Gasteiger partial charge >= 0.3 is 0 Å². The number of Topliss-reactive ketones (excluding diaryl/α,β-unsaturated/α-hetero) is 1. The zero-order valence-electron chi connectivity index (χ0n) is 9.91. The second kappa shape index (κ2) is 4.17. The van der Waals surface area contributed by atoms with Crippen LogP contribution in [0.25, 0.3) is 0 Å². The molecule has 2 heteroatoms. The van der Waals surface area contributed by atoms with Gasteiger partial charge in [-0.15, -0.1) is 0 Å². The van der Waals surface area contributed by atoms with Crippen LogP contribution < -0.4 is 0 Å². The van der Waals surface area contributed by atoms with Gasteiger partial charge in [0.05, 0.1) is 0 Å². The van der Waals surface area contributed by atoms with E-state index in [0.29, 0.717) is 5.57 Å². The van der Waals surface area contributed by atoms with E-state index in [9.17, 15) is 9.90 Å². The molecule has 0 saturated heterocycles. The van der Waals surface area contributed by atoms with Crippen LogP contribution in [0.1, 0.15) is 39.0 Å². The Morgan fingerprint density at radius 3 is 2.56 bits per heavy atom. The molecule has 2 bridgehead atoms. The topological polar surface area (TPSA) is 37.3 Å². The normalized spacial score (nSPS) is 34.5. The minimum atomic E-state index is -0.993. The zero-order valence-corrected chi connectivity index (χ0v) is 9.91. The number of aliphatic hydroxyl groups is 1. The van der Waals surface area contributed by atoms with E-state index in [-0.39, 0.29) is 11.2 Å². The Balaban J connectivity index is 2.10. The molecule has 2 fully saturated rings. The summed E-state index contributed by atoms with van der Waals surface area (Å²) in [6, 6.07) is 0. The van der Waals surface area contributed by atoms with Crippen LogP contribution in [0.2, 0.25) is 0 Å². The molecule has 16 heavy (non-hydrogen) atoms. The smallest absolute Gasteiger partial charge is 0.171 e. The van der Waals surface area contributed by atoms with Gasteiger partial charge in [-0.25, -0.2) is 0 Å². The molecule has 0 aliphatic heterocycles. The number of carbonyl (C=O) groups excluding carboxylic acids is 1. The summed E-state index contributed by atoms with van der Waals surface area (Å²) in [5.41, 5.74) is 0.312. The van der Waals surface area contributed by atoms with Crippen molar-refractivity contribution in [2.24, 2.45) is 11.3 Å². The van der Waals surface area contributed by atoms with Gasteiger partial charge in [-0.05, 0) is 50.5 Å². The Hall–Kier alpha value is -0.890. The first kappa shape index (κ1) is 11.6. The van der Waals surface area contributed by atoms with Crippen LogP contribution in [-0.4, -0.2) is 17.0 Å². The number of ketones is 1. The summed E-state index contributed by atoms with van der Waals surface area (Å²) < 4.78 is 0. The number of hydrogen-bond acceptors (Lipinski definition) is 2. The lowest BCUT2D eigenvalue weighted by atomic mass is 9.77. The lowest BCUT2D eigenvalue weighted by Crippen LogP contribution is -2.36. The van der Waals surface area contributed by atoms with Crippen molar-refractivity contribution >= 4 is 5.78 Å². The van der Waals surface area contributed by atoms with E-state index >= 15 is 0 Å². The van der Waals surface area contributed by atoms with Crippen molar-refractivity contribution in [3.63, 3.8) is 0 Å². The first-order chi connectivity index (χ1) is 7.59. The van der Waals surface area contributed by atoms with Gasteiger partial charge in [0, 0.05) is 5.41 Å². The van der Waals surface area contributed by atoms with Crippen molar-refractivity contribution in [3.05, 3.63) is 24.3 Å². The van der Waals surface area contributed by atoms with Gasteiger partial charge < -0.3 is 5.11 Å². The van der Waals surface area contributed by atoms with E-state index < -0.39 is 6.10 Å². The van der Waals surface area contributed by atoms with Crippen LogP contribution in [0, 0.1) is 11.3 Å². The summed E-state index contributed by atoms with van der Waals surface area (Å²) >= 11 is 0. The molecular formula is C14H20O2. The van der Waals surface area contributed by atoms with Crippen LogP contribution >= 0.6 is 0 Å². The van der Waals surface area contributed by atoms with Gasteiger partial charge in [0.25, 0.3) is 0 Å². The van der Waals surface area contributed by atoms with Crippen LogP contribution in [0.5, 0.6) is 0 Å². The number of rotatable bonds is 4. The Morgan fingerprint density at radius 2 is 2.12 bits per heavy atom. The summed E-state index contributed by atoms with van der Waals surface area (Å²) in [7, 11) is 0. The summed E-state index contributed by atoms with van der Waals surface area (Å²) in [6.45, 7) is 5.62. The maximum Gasteiger partial charge on any atom is 0.171 e. The average molecular weight is 220 g/mol. The molecule has 0 spiro atoms. The Kier molecular flexibility index (Phi) is 3.02. The first-order valence-electron chi connectivity index (χ1n) is 6.13. The number of hydrogen-bond donors (Lipinski definition) is 1. The fourth-order valence-corrected chi connectivity index (χ4v) is 3.30. The fraction of sp³-hybridized carbons (Fsp3) is 0.643. The van der Waals surface area contributed by atoms with E-state index in [1.54, 1.807) is 6.08 Å². The Morgan fingerprint density at radius 1 is 1.50 bits per heavy atom. The highest BCUT2D eigenvalue weighted by molar-refractivity contribution is 5.92. The first-order valence-corrected chi connectivity index (χ1v) is 6.13. The molecular weight excluding hydrogens is 200 g/mol. The van der Waals surface area contributed by atoms with Crippen LogP contribution in [-0.2, 0) is 4.79 Å². The lowest BCUT2D eigenvalue weighted by molar-refractivity contribution is -0.135. The van der Waals surface area contributed by atoms with Gasteiger partial charge in [-0.2, -0.15) is 0 Å². The molecule has 0 aromatic carbocycles. The monoisotopic (exact) mass is 220 g/mol. The third-order valence-electron chi connectivity index (χ3n) is 4.24. The second-order valence-corrected chi connectivity index (χ2v) is 5.27. The Labute approximate surface area is 97.0 Å². The molecule has 0 aromatic heterocycles. The summed E-state index contributed by atoms with van der Waals surface area (Å²) in [5.74, 6) is 0.738. The largest absolute Gasteiger partial charge is 0.381 e. The van der Waals surface area contributed by atoms with Crippen molar-refractivity contribution < 1.29 is 9.90 Å². The SMILES string of the molecule is C=C(/C=C\C)C(O)C(=O)C12CCC(CC1)C2. The van der Waals surface area contributed by atoms with E-state index in [2.05, 4.69) is 6.58 Å². The third kappa shape index (κ3) is 1.75. The molecule has 1 unspecified atom stereocenters. The highest BCUT2D eigenvalue weighted by Gasteiger charge is 2.51. The predicted molar refractivity (Wildman–Crippen MR) is 64.0 cm³/mol. The van der Waals surface area contributed by atoms with E-state index in [1.165, 1.54) is 0 Å². The van der Waals surface area contributed by atoms with Crippen molar-refractivity contribution in [2.75, 3.05) is 0 Å². The van der Waals surface area contributed by atoms with Crippen LogP contribution in [0.4, 0.5) is 0 Å². The minimum absolute atomic E-state index is 0.00981. The van der Waals surface area contributed by atoms with Gasteiger partial charge in [0.2, 0.25) is 0 Å². The minimum Gasteiger partial charge on any atom is -0.381 e. The quantitative estimate of drug-likeness (QED) is 0.739. The highest BCUT2D eigenvalue weighted by atomic mass is 16.3. The molecule has 2 rings (SSSR count). The maximum absolute atomic E-state index is 12.3. The number of carbonyl (C=O) groups is 1. The lowest BCUT2D eigenvalue weighted by Gasteiger charge is -2.27. The Bertz CT molecular complexity index is 333.